The van der Waals surface area contributed by atoms with E-state index in [1.807, 2.05) is 0 Å². The molecule has 8 heteroatoms. The van der Waals surface area contributed by atoms with E-state index in [9.17, 15) is 17.2 Å². The van der Waals surface area contributed by atoms with Crippen molar-refractivity contribution in [2.45, 2.75) is 11.4 Å². The first-order valence-electron chi connectivity index (χ1n) is 7.28. The van der Waals surface area contributed by atoms with Gasteiger partial charge in [-0.1, -0.05) is 6.07 Å². The molecule has 0 saturated carbocycles. The first-order chi connectivity index (χ1) is 11.9. The third-order valence-corrected chi connectivity index (χ3v) is 5.35. The molecular weight excluding hydrogens is 350 g/mol. The Morgan fingerprint density at radius 1 is 1.08 bits per heavy atom. The fraction of sp³-hybridized carbons (Fsp3) is 0.118. The van der Waals surface area contributed by atoms with Crippen LogP contribution in [0.4, 0.5) is 8.78 Å². The molecule has 0 atom stereocenters. The normalized spacial score (nSPS) is 11.8. The number of aromatic nitrogens is 1. The summed E-state index contributed by atoms with van der Waals surface area (Å²) in [6, 6.07) is 10.3. The van der Waals surface area contributed by atoms with Gasteiger partial charge in [0.1, 0.15) is 17.9 Å². The van der Waals surface area contributed by atoms with E-state index in [4.69, 9.17) is 4.42 Å². The Morgan fingerprint density at radius 3 is 2.48 bits per heavy atom. The minimum atomic E-state index is -3.79. The van der Waals surface area contributed by atoms with Gasteiger partial charge in [0.2, 0.25) is 15.9 Å². The molecule has 0 radical (unpaired) electrons. The van der Waals surface area contributed by atoms with Gasteiger partial charge in [-0.2, -0.15) is 4.31 Å². The number of oxazole rings is 1. The van der Waals surface area contributed by atoms with Gasteiger partial charge in [-0.05, 0) is 42.5 Å². The smallest absolute Gasteiger partial charge is 0.243 e. The Morgan fingerprint density at radius 2 is 1.80 bits per heavy atom. The predicted octanol–water partition coefficient (Wildman–Crippen LogP) is 3.44. The predicted molar refractivity (Wildman–Crippen MR) is 86.9 cm³/mol. The van der Waals surface area contributed by atoms with E-state index in [-0.39, 0.29) is 17.3 Å². The highest BCUT2D eigenvalue weighted by molar-refractivity contribution is 7.89. The molecule has 1 aromatic heterocycles. The molecule has 2 aromatic carbocycles. The molecule has 5 nitrogen and oxygen atoms in total. The Hall–Kier alpha value is -2.58. The van der Waals surface area contributed by atoms with Crippen molar-refractivity contribution in [3.05, 3.63) is 72.1 Å². The lowest BCUT2D eigenvalue weighted by atomic mass is 10.2. The van der Waals surface area contributed by atoms with Crippen molar-refractivity contribution in [1.29, 1.82) is 0 Å². The van der Waals surface area contributed by atoms with Crippen LogP contribution in [-0.4, -0.2) is 24.8 Å². The van der Waals surface area contributed by atoms with Gasteiger partial charge in [0.15, 0.2) is 0 Å². The van der Waals surface area contributed by atoms with Crippen molar-refractivity contribution < 1.29 is 21.6 Å². The summed E-state index contributed by atoms with van der Waals surface area (Å²) in [7, 11) is -2.41. The van der Waals surface area contributed by atoms with Crippen LogP contribution in [0.2, 0.25) is 0 Å². The zero-order valence-corrected chi connectivity index (χ0v) is 14.0. The van der Waals surface area contributed by atoms with E-state index >= 15 is 0 Å². The number of sulfonamides is 1. The lowest BCUT2D eigenvalue weighted by molar-refractivity contribution is 0.460. The largest absolute Gasteiger partial charge is 0.444 e. The summed E-state index contributed by atoms with van der Waals surface area (Å²) >= 11 is 0. The number of hydrogen-bond acceptors (Lipinski definition) is 4. The van der Waals surface area contributed by atoms with Crippen molar-refractivity contribution in [3.8, 4) is 11.5 Å². The van der Waals surface area contributed by atoms with E-state index in [1.54, 1.807) is 6.07 Å². The maximum atomic E-state index is 13.3. The number of nitrogens with zero attached hydrogens (tertiary/aromatic N) is 2. The van der Waals surface area contributed by atoms with Gasteiger partial charge < -0.3 is 4.42 Å². The van der Waals surface area contributed by atoms with Crippen LogP contribution in [0.15, 0.2) is 64.1 Å². The molecule has 0 unspecified atom stereocenters. The third-order valence-electron chi connectivity index (χ3n) is 3.53. The molecule has 3 rings (SSSR count). The minimum absolute atomic E-state index is 0.0229. The Labute approximate surface area is 143 Å². The van der Waals surface area contributed by atoms with Crippen molar-refractivity contribution in [3.63, 3.8) is 0 Å². The van der Waals surface area contributed by atoms with Crippen LogP contribution in [0.25, 0.3) is 11.5 Å². The van der Waals surface area contributed by atoms with E-state index in [0.29, 0.717) is 11.3 Å². The molecule has 0 saturated heterocycles. The summed E-state index contributed by atoms with van der Waals surface area (Å²) in [5.74, 6) is -0.742. The molecule has 0 N–H and O–H groups in total. The van der Waals surface area contributed by atoms with Crippen LogP contribution >= 0.6 is 0 Å². The Balaban J connectivity index is 1.79. The van der Waals surface area contributed by atoms with Crippen molar-refractivity contribution in [2.75, 3.05) is 7.05 Å². The highest BCUT2D eigenvalue weighted by Gasteiger charge is 2.22. The maximum Gasteiger partial charge on any atom is 0.243 e. The fourth-order valence-corrected chi connectivity index (χ4v) is 3.38. The summed E-state index contributed by atoms with van der Waals surface area (Å²) in [5, 5.41) is 0. The molecular formula is C17H14F2N2O3S. The molecule has 3 aromatic rings. The summed E-state index contributed by atoms with van der Waals surface area (Å²) < 4.78 is 57.5. The lowest BCUT2D eigenvalue weighted by Gasteiger charge is -2.15. The molecule has 0 amide bonds. The fourth-order valence-electron chi connectivity index (χ4n) is 2.23. The van der Waals surface area contributed by atoms with Gasteiger partial charge >= 0.3 is 0 Å². The Bertz CT molecular complexity index is 985. The average molecular weight is 364 g/mol. The van der Waals surface area contributed by atoms with Crippen LogP contribution in [0, 0.1) is 11.6 Å². The molecule has 0 aliphatic carbocycles. The third kappa shape index (κ3) is 3.75. The SMILES string of the molecule is CN(Cc1coc(-c2cccc(F)c2)n1)S(=O)(=O)c1ccc(F)cc1. The van der Waals surface area contributed by atoms with E-state index in [1.165, 1.54) is 43.6 Å². The summed E-state index contributed by atoms with van der Waals surface area (Å²) in [5.41, 5.74) is 0.822. The van der Waals surface area contributed by atoms with Crippen molar-refractivity contribution >= 4 is 10.0 Å². The maximum absolute atomic E-state index is 13.3. The monoisotopic (exact) mass is 364 g/mol. The van der Waals surface area contributed by atoms with Crippen LogP contribution in [0.5, 0.6) is 0 Å². The number of hydrogen-bond donors (Lipinski definition) is 0. The van der Waals surface area contributed by atoms with E-state index < -0.39 is 21.7 Å². The molecule has 0 aliphatic rings. The first-order valence-corrected chi connectivity index (χ1v) is 8.72. The molecule has 1 heterocycles. The van der Waals surface area contributed by atoms with Crippen molar-refractivity contribution in [2.24, 2.45) is 0 Å². The summed E-state index contributed by atoms with van der Waals surface area (Å²) in [4.78, 5) is 4.16. The van der Waals surface area contributed by atoms with Crippen LogP contribution in [0.3, 0.4) is 0 Å². The van der Waals surface area contributed by atoms with Gasteiger partial charge in [-0.3, -0.25) is 0 Å². The molecule has 25 heavy (non-hydrogen) atoms. The van der Waals surface area contributed by atoms with Gasteiger partial charge in [-0.15, -0.1) is 0 Å². The number of benzene rings is 2. The van der Waals surface area contributed by atoms with Crippen LogP contribution < -0.4 is 0 Å². The second-order valence-electron chi connectivity index (χ2n) is 5.37. The zero-order valence-electron chi connectivity index (χ0n) is 13.2. The molecule has 0 spiro atoms. The molecule has 130 valence electrons. The second-order valence-corrected chi connectivity index (χ2v) is 7.41. The van der Waals surface area contributed by atoms with Gasteiger partial charge in [-0.25, -0.2) is 22.2 Å². The zero-order chi connectivity index (χ0) is 18.0. The molecule has 0 fully saturated rings. The van der Waals surface area contributed by atoms with E-state index in [0.717, 1.165) is 16.4 Å². The molecule has 0 bridgehead atoms. The second kappa shape index (κ2) is 6.73. The quantitative estimate of drug-likeness (QED) is 0.696. The van der Waals surface area contributed by atoms with Crippen LogP contribution in [-0.2, 0) is 16.6 Å². The lowest BCUT2D eigenvalue weighted by Crippen LogP contribution is -2.26. The summed E-state index contributed by atoms with van der Waals surface area (Å²) in [6.07, 6.45) is 1.32. The van der Waals surface area contributed by atoms with Crippen molar-refractivity contribution in [1.82, 2.24) is 9.29 Å². The Kier molecular flexibility index (Phi) is 4.65. The van der Waals surface area contributed by atoms with Gasteiger partial charge in [0, 0.05) is 12.6 Å². The summed E-state index contributed by atoms with van der Waals surface area (Å²) in [6.45, 7) is -0.0431. The first kappa shape index (κ1) is 17.2. The standard InChI is InChI=1S/C17H14F2N2O3S/c1-21(25(22,23)16-7-5-13(18)6-8-16)10-15-11-24-17(20-15)12-3-2-4-14(19)9-12/h2-9,11H,10H2,1H3. The number of halogens is 2. The average Bonchev–Trinajstić information content (AvgIpc) is 3.04. The minimum Gasteiger partial charge on any atom is -0.444 e. The number of rotatable bonds is 5. The highest BCUT2D eigenvalue weighted by Crippen LogP contribution is 2.21. The van der Waals surface area contributed by atoms with Gasteiger partial charge in [0.25, 0.3) is 0 Å². The highest BCUT2D eigenvalue weighted by atomic mass is 32.2. The topological polar surface area (TPSA) is 63.4 Å². The van der Waals surface area contributed by atoms with Crippen LogP contribution in [0.1, 0.15) is 5.69 Å². The van der Waals surface area contributed by atoms with Gasteiger partial charge in [0.05, 0.1) is 17.1 Å². The van der Waals surface area contributed by atoms with E-state index in [2.05, 4.69) is 4.98 Å². The molecule has 0 aliphatic heterocycles.